The van der Waals surface area contributed by atoms with E-state index in [0.717, 1.165) is 60.7 Å². The number of benzene rings is 8. The number of hydrogen-bond donors (Lipinski definition) is 0. The van der Waals surface area contributed by atoms with Crippen molar-refractivity contribution in [3.8, 4) is 56.4 Å². The van der Waals surface area contributed by atoms with E-state index in [2.05, 4.69) is 150 Å². The molecular formula is C51H30N4O. The molecule has 0 saturated carbocycles. The smallest absolute Gasteiger partial charge is 0.164 e. The summed E-state index contributed by atoms with van der Waals surface area (Å²) in [6, 6.07) is 63.6. The number of hydrogen-bond acceptors (Lipinski definition) is 4. The molecule has 4 heterocycles. The molecule has 56 heavy (non-hydrogen) atoms. The normalized spacial score (nSPS) is 11.9. The summed E-state index contributed by atoms with van der Waals surface area (Å²) >= 11 is 0. The first kappa shape index (κ1) is 30.8. The van der Waals surface area contributed by atoms with E-state index in [9.17, 15) is 0 Å². The van der Waals surface area contributed by atoms with Gasteiger partial charge in [0, 0.05) is 43.6 Å². The van der Waals surface area contributed by atoms with Gasteiger partial charge in [-0.3, -0.25) is 0 Å². The highest BCUT2D eigenvalue weighted by molar-refractivity contribution is 6.33. The lowest BCUT2D eigenvalue weighted by Crippen LogP contribution is -2.00. The van der Waals surface area contributed by atoms with E-state index in [1.54, 1.807) is 0 Å². The summed E-state index contributed by atoms with van der Waals surface area (Å²) < 4.78 is 9.27. The molecule has 4 aromatic heterocycles. The fraction of sp³-hybridized carbons (Fsp3) is 0. The molecule has 0 bridgehead atoms. The Morgan fingerprint density at radius 1 is 0.357 bits per heavy atom. The second-order valence-electron chi connectivity index (χ2n) is 14.4. The van der Waals surface area contributed by atoms with Crippen molar-refractivity contribution in [2.45, 2.75) is 0 Å². The van der Waals surface area contributed by atoms with Crippen molar-refractivity contribution in [1.82, 2.24) is 19.4 Å². The number of para-hydroxylation sites is 2. The molecule has 0 amide bonds. The van der Waals surface area contributed by atoms with Crippen LogP contribution in [0, 0.1) is 0 Å². The van der Waals surface area contributed by atoms with Crippen molar-refractivity contribution < 1.29 is 4.42 Å². The molecule has 12 rings (SSSR count). The Labute approximate surface area is 321 Å². The van der Waals surface area contributed by atoms with Crippen molar-refractivity contribution >= 4 is 60.0 Å². The Hall–Kier alpha value is -7.63. The van der Waals surface area contributed by atoms with Crippen LogP contribution >= 0.6 is 0 Å². The quantitative estimate of drug-likeness (QED) is 0.178. The Kier molecular flexibility index (Phi) is 6.56. The first-order chi connectivity index (χ1) is 27.8. The van der Waals surface area contributed by atoms with Crippen LogP contribution in [0.3, 0.4) is 0 Å². The number of nitrogens with zero attached hydrogens (tertiary/aromatic N) is 4. The van der Waals surface area contributed by atoms with E-state index in [0.29, 0.717) is 17.5 Å². The molecule has 0 fully saturated rings. The molecule has 0 spiro atoms. The van der Waals surface area contributed by atoms with Gasteiger partial charge in [-0.25, -0.2) is 15.0 Å². The van der Waals surface area contributed by atoms with Crippen LogP contribution in [-0.4, -0.2) is 19.4 Å². The monoisotopic (exact) mass is 714 g/mol. The first-order valence-corrected chi connectivity index (χ1v) is 18.9. The van der Waals surface area contributed by atoms with E-state index in [1.807, 2.05) is 36.4 Å². The van der Waals surface area contributed by atoms with Crippen LogP contribution in [0.4, 0.5) is 0 Å². The van der Waals surface area contributed by atoms with Gasteiger partial charge in [0.2, 0.25) is 0 Å². The van der Waals surface area contributed by atoms with Crippen LogP contribution in [0.2, 0.25) is 0 Å². The zero-order valence-electron chi connectivity index (χ0n) is 30.0. The van der Waals surface area contributed by atoms with Gasteiger partial charge in [0.25, 0.3) is 0 Å². The molecule has 0 aliphatic carbocycles. The number of rotatable bonds is 5. The fourth-order valence-electron chi connectivity index (χ4n) is 8.64. The average Bonchev–Trinajstić information content (AvgIpc) is 3.94. The number of furan rings is 1. The van der Waals surface area contributed by atoms with Gasteiger partial charge in [0.1, 0.15) is 11.2 Å². The van der Waals surface area contributed by atoms with Gasteiger partial charge in [0.15, 0.2) is 17.5 Å². The van der Waals surface area contributed by atoms with Gasteiger partial charge in [-0.2, -0.15) is 0 Å². The maximum absolute atomic E-state index is 6.87. The maximum atomic E-state index is 6.87. The van der Waals surface area contributed by atoms with Gasteiger partial charge >= 0.3 is 0 Å². The standard InChI is InChI=1S/C51H30N4O/c1-3-13-31(14-4-1)32-25-27-34(28-26-32)50-52-49(33-15-5-2-6-16-33)53-51(54-50)36-18-11-17-35(29-36)37-21-12-24-44-45(37)41-30-40-38-19-7-9-22-42(38)55-43-23-10-8-20-39(43)46(47(40)55)48(41)56-44/h1-30H. The minimum atomic E-state index is 0.617. The summed E-state index contributed by atoms with van der Waals surface area (Å²) in [5.74, 6) is 1.88. The summed E-state index contributed by atoms with van der Waals surface area (Å²) in [5, 5.41) is 7.02. The molecule has 0 saturated heterocycles. The molecular weight excluding hydrogens is 685 g/mol. The van der Waals surface area contributed by atoms with Gasteiger partial charge in [0.05, 0.1) is 21.9 Å². The largest absolute Gasteiger partial charge is 0.455 e. The van der Waals surface area contributed by atoms with Crippen LogP contribution in [-0.2, 0) is 0 Å². The molecule has 8 aromatic carbocycles. The maximum Gasteiger partial charge on any atom is 0.164 e. The molecule has 5 nitrogen and oxygen atoms in total. The summed E-state index contributed by atoms with van der Waals surface area (Å²) in [6.07, 6.45) is 0. The summed E-state index contributed by atoms with van der Waals surface area (Å²) in [5.41, 5.74) is 12.6. The van der Waals surface area contributed by atoms with Crippen LogP contribution in [0.25, 0.3) is 116 Å². The first-order valence-electron chi connectivity index (χ1n) is 18.9. The summed E-state index contributed by atoms with van der Waals surface area (Å²) in [4.78, 5) is 15.2. The Morgan fingerprint density at radius 2 is 0.893 bits per heavy atom. The topological polar surface area (TPSA) is 56.2 Å². The highest BCUT2D eigenvalue weighted by atomic mass is 16.3. The Balaban J connectivity index is 1.05. The minimum absolute atomic E-state index is 0.617. The molecule has 0 N–H and O–H groups in total. The van der Waals surface area contributed by atoms with Crippen LogP contribution < -0.4 is 0 Å². The van der Waals surface area contributed by atoms with Gasteiger partial charge in [-0.1, -0.05) is 152 Å². The second kappa shape index (κ2) is 11.9. The van der Waals surface area contributed by atoms with Crippen molar-refractivity contribution in [3.63, 3.8) is 0 Å². The molecule has 0 atom stereocenters. The molecule has 260 valence electrons. The minimum Gasteiger partial charge on any atom is -0.455 e. The van der Waals surface area contributed by atoms with Crippen molar-refractivity contribution in [2.75, 3.05) is 0 Å². The number of aromatic nitrogens is 4. The third-order valence-corrected chi connectivity index (χ3v) is 11.2. The third-order valence-electron chi connectivity index (χ3n) is 11.2. The zero-order valence-corrected chi connectivity index (χ0v) is 30.0. The van der Waals surface area contributed by atoms with Gasteiger partial charge in [-0.05, 0) is 52.6 Å². The SMILES string of the molecule is c1ccc(-c2ccc(-c3nc(-c4ccccc4)nc(-c4cccc(-c5cccc6oc7c(cc8c9ccccc9n9c%10ccccc%10c7c89)c56)c4)n3)cc2)cc1. The number of fused-ring (bicyclic) bond motifs is 10. The van der Waals surface area contributed by atoms with E-state index < -0.39 is 0 Å². The molecule has 12 aromatic rings. The van der Waals surface area contributed by atoms with E-state index in [1.165, 1.54) is 38.3 Å². The lowest BCUT2D eigenvalue weighted by Gasteiger charge is -2.10. The second-order valence-corrected chi connectivity index (χ2v) is 14.4. The van der Waals surface area contributed by atoms with Crippen molar-refractivity contribution in [2.24, 2.45) is 0 Å². The van der Waals surface area contributed by atoms with Crippen LogP contribution in [0.5, 0.6) is 0 Å². The predicted molar refractivity (Wildman–Crippen MR) is 229 cm³/mol. The highest BCUT2D eigenvalue weighted by Crippen LogP contribution is 2.47. The molecule has 0 aliphatic rings. The zero-order chi connectivity index (χ0) is 36.7. The van der Waals surface area contributed by atoms with Crippen LogP contribution in [0.15, 0.2) is 186 Å². The highest BCUT2D eigenvalue weighted by Gasteiger charge is 2.24. The third kappa shape index (κ3) is 4.58. The van der Waals surface area contributed by atoms with E-state index >= 15 is 0 Å². The summed E-state index contributed by atoms with van der Waals surface area (Å²) in [6.45, 7) is 0. The van der Waals surface area contributed by atoms with E-state index in [4.69, 9.17) is 19.4 Å². The fourth-order valence-corrected chi connectivity index (χ4v) is 8.64. The van der Waals surface area contributed by atoms with Crippen molar-refractivity contribution in [3.05, 3.63) is 182 Å². The molecule has 0 unspecified atom stereocenters. The van der Waals surface area contributed by atoms with Gasteiger partial charge in [-0.15, -0.1) is 0 Å². The lowest BCUT2D eigenvalue weighted by atomic mass is 9.96. The Morgan fingerprint density at radius 3 is 1.64 bits per heavy atom. The van der Waals surface area contributed by atoms with E-state index in [-0.39, 0.29) is 0 Å². The average molecular weight is 715 g/mol. The lowest BCUT2D eigenvalue weighted by molar-refractivity contribution is 0.673. The molecule has 0 aliphatic heterocycles. The van der Waals surface area contributed by atoms with Crippen LogP contribution in [0.1, 0.15) is 0 Å². The Bertz CT molecular complexity index is 3460. The van der Waals surface area contributed by atoms with Gasteiger partial charge < -0.3 is 8.82 Å². The summed E-state index contributed by atoms with van der Waals surface area (Å²) in [7, 11) is 0. The predicted octanol–water partition coefficient (Wildman–Crippen LogP) is 13.3. The van der Waals surface area contributed by atoms with Crippen molar-refractivity contribution in [1.29, 1.82) is 0 Å². The molecule has 0 radical (unpaired) electrons. The molecule has 5 heteroatoms.